The van der Waals surface area contributed by atoms with Crippen LogP contribution in [-0.2, 0) is 5.75 Å². The molecule has 0 aliphatic carbocycles. The highest BCUT2D eigenvalue weighted by atomic mass is 32.2. The van der Waals surface area contributed by atoms with E-state index in [1.165, 1.54) is 0 Å². The zero-order chi connectivity index (χ0) is 12.9. The quantitative estimate of drug-likeness (QED) is 0.872. The summed E-state index contributed by atoms with van der Waals surface area (Å²) < 4.78 is 5.27. The fourth-order valence-corrected chi connectivity index (χ4v) is 2.46. The highest BCUT2D eigenvalue weighted by molar-refractivity contribution is 7.98. The first-order valence-electron chi connectivity index (χ1n) is 5.40. The predicted molar refractivity (Wildman–Crippen MR) is 72.1 cm³/mol. The van der Waals surface area contributed by atoms with Gasteiger partial charge < -0.3 is 10.5 Å². The van der Waals surface area contributed by atoms with Gasteiger partial charge in [0.1, 0.15) is 5.75 Å². The van der Waals surface area contributed by atoms with E-state index in [1.807, 2.05) is 26.0 Å². The van der Waals surface area contributed by atoms with Crippen LogP contribution in [0.4, 0.5) is 0 Å². The van der Waals surface area contributed by atoms with Gasteiger partial charge in [0.25, 0.3) is 0 Å². The Morgan fingerprint density at radius 3 is 2.71 bits per heavy atom. The van der Waals surface area contributed by atoms with E-state index in [0.717, 1.165) is 22.8 Å². The van der Waals surface area contributed by atoms with E-state index in [1.54, 1.807) is 24.9 Å². The highest BCUT2D eigenvalue weighted by Crippen LogP contribution is 2.25. The average molecular weight is 250 g/mol. The summed E-state index contributed by atoms with van der Waals surface area (Å²) in [4.78, 5) is 0. The number of hydrogen-bond donors (Lipinski definition) is 1. The molecule has 92 valence electrons. The molecule has 0 aliphatic heterocycles. The molecule has 2 N–H and O–H groups in total. The van der Waals surface area contributed by atoms with Gasteiger partial charge in [0.2, 0.25) is 0 Å². The smallest absolute Gasteiger partial charge is 0.122 e. The molecule has 0 saturated carbocycles. The molecular weight excluding hydrogens is 232 g/mol. The van der Waals surface area contributed by atoms with E-state index in [2.05, 4.69) is 6.07 Å². The monoisotopic (exact) mass is 250 g/mol. The van der Waals surface area contributed by atoms with Crippen LogP contribution < -0.4 is 10.5 Å². The van der Waals surface area contributed by atoms with Crippen molar-refractivity contribution in [3.05, 3.63) is 29.3 Å². The number of nitriles is 1. The Kier molecular flexibility index (Phi) is 4.86. The van der Waals surface area contributed by atoms with Gasteiger partial charge in [0, 0.05) is 22.6 Å². The van der Waals surface area contributed by atoms with Crippen LogP contribution in [0.15, 0.2) is 18.2 Å². The van der Waals surface area contributed by atoms with Gasteiger partial charge in [-0.2, -0.15) is 17.0 Å². The van der Waals surface area contributed by atoms with Crippen LogP contribution in [0.3, 0.4) is 0 Å². The predicted octanol–water partition coefficient (Wildman–Crippen LogP) is 2.54. The molecule has 0 bridgehead atoms. The molecule has 0 aromatic heterocycles. The number of ether oxygens (including phenoxy) is 1. The Hall–Kier alpha value is -1.18. The molecule has 1 aromatic carbocycles. The summed E-state index contributed by atoms with van der Waals surface area (Å²) in [5, 5.41) is 8.86. The lowest BCUT2D eigenvalue weighted by atomic mass is 10.1. The molecule has 0 saturated heterocycles. The lowest BCUT2D eigenvalue weighted by Gasteiger charge is -2.18. The fraction of sp³-hybridized carbons (Fsp3) is 0.462. The standard InChI is InChI=1S/C13H18N2OS/c1-13(2,15)9-17-8-11-6-10(7-14)4-5-12(11)16-3/h4-6H,8-9,15H2,1-3H3. The number of nitrogens with two attached hydrogens (primary N) is 1. The maximum absolute atomic E-state index is 8.86. The van der Waals surface area contributed by atoms with Crippen LogP contribution in [0, 0.1) is 11.3 Å². The molecule has 17 heavy (non-hydrogen) atoms. The Labute approximate surface area is 107 Å². The van der Waals surface area contributed by atoms with E-state index in [0.29, 0.717) is 5.56 Å². The molecule has 0 atom stereocenters. The van der Waals surface area contributed by atoms with Crippen molar-refractivity contribution in [1.82, 2.24) is 0 Å². The van der Waals surface area contributed by atoms with Crippen LogP contribution in [0.1, 0.15) is 25.0 Å². The summed E-state index contributed by atoms with van der Waals surface area (Å²) in [6.07, 6.45) is 0. The van der Waals surface area contributed by atoms with Gasteiger partial charge in [-0.15, -0.1) is 0 Å². The second-order valence-electron chi connectivity index (χ2n) is 4.62. The number of methoxy groups -OCH3 is 1. The summed E-state index contributed by atoms with van der Waals surface area (Å²) in [6.45, 7) is 4.01. The van der Waals surface area contributed by atoms with E-state index in [9.17, 15) is 0 Å². The number of rotatable bonds is 5. The van der Waals surface area contributed by atoms with E-state index < -0.39 is 0 Å². The van der Waals surface area contributed by atoms with Crippen LogP contribution in [-0.4, -0.2) is 18.4 Å². The van der Waals surface area contributed by atoms with Gasteiger partial charge in [-0.1, -0.05) is 0 Å². The molecule has 0 amide bonds. The molecule has 3 nitrogen and oxygen atoms in total. The first kappa shape index (κ1) is 13.9. The minimum atomic E-state index is -0.176. The number of thioether (sulfide) groups is 1. The van der Waals surface area contributed by atoms with Crippen molar-refractivity contribution in [2.45, 2.75) is 25.1 Å². The lowest BCUT2D eigenvalue weighted by molar-refractivity contribution is 0.411. The minimum absolute atomic E-state index is 0.176. The van der Waals surface area contributed by atoms with E-state index in [-0.39, 0.29) is 5.54 Å². The number of nitrogens with zero attached hydrogens (tertiary/aromatic N) is 1. The van der Waals surface area contributed by atoms with Crippen molar-refractivity contribution < 1.29 is 4.74 Å². The molecule has 4 heteroatoms. The Balaban J connectivity index is 2.72. The maximum atomic E-state index is 8.86. The van der Waals surface area contributed by atoms with Crippen molar-refractivity contribution in [1.29, 1.82) is 5.26 Å². The Morgan fingerprint density at radius 1 is 1.47 bits per heavy atom. The largest absolute Gasteiger partial charge is 0.496 e. The topological polar surface area (TPSA) is 59.0 Å². The van der Waals surface area contributed by atoms with Gasteiger partial charge in [0.05, 0.1) is 18.7 Å². The lowest BCUT2D eigenvalue weighted by Crippen LogP contribution is -2.34. The second kappa shape index (κ2) is 5.95. The van der Waals surface area contributed by atoms with E-state index >= 15 is 0 Å². The molecule has 0 spiro atoms. The first-order valence-corrected chi connectivity index (χ1v) is 6.55. The third-order valence-corrected chi connectivity index (χ3v) is 3.60. The van der Waals surface area contributed by atoms with E-state index in [4.69, 9.17) is 15.7 Å². The van der Waals surface area contributed by atoms with Crippen LogP contribution in [0.25, 0.3) is 0 Å². The average Bonchev–Trinajstić information content (AvgIpc) is 2.27. The van der Waals surface area contributed by atoms with Gasteiger partial charge in [0.15, 0.2) is 0 Å². The third kappa shape index (κ3) is 4.68. The number of hydrogen-bond acceptors (Lipinski definition) is 4. The molecular formula is C13H18N2OS. The molecule has 0 radical (unpaired) electrons. The highest BCUT2D eigenvalue weighted by Gasteiger charge is 2.11. The molecule has 0 unspecified atom stereocenters. The molecule has 0 heterocycles. The zero-order valence-corrected chi connectivity index (χ0v) is 11.3. The summed E-state index contributed by atoms with van der Waals surface area (Å²) in [6, 6.07) is 7.61. The van der Waals surface area contributed by atoms with Crippen molar-refractivity contribution in [3.8, 4) is 11.8 Å². The van der Waals surface area contributed by atoms with Gasteiger partial charge in [-0.3, -0.25) is 0 Å². The van der Waals surface area contributed by atoms with Crippen molar-refractivity contribution in [3.63, 3.8) is 0 Å². The van der Waals surface area contributed by atoms with Crippen molar-refractivity contribution in [2.75, 3.05) is 12.9 Å². The van der Waals surface area contributed by atoms with Crippen LogP contribution >= 0.6 is 11.8 Å². The minimum Gasteiger partial charge on any atom is -0.496 e. The molecule has 1 rings (SSSR count). The third-order valence-electron chi connectivity index (χ3n) is 2.14. The molecule has 1 aromatic rings. The van der Waals surface area contributed by atoms with Crippen LogP contribution in [0.5, 0.6) is 5.75 Å². The van der Waals surface area contributed by atoms with Gasteiger partial charge in [-0.25, -0.2) is 0 Å². The SMILES string of the molecule is COc1ccc(C#N)cc1CSCC(C)(C)N. The summed E-state index contributed by atoms with van der Waals surface area (Å²) in [5.41, 5.74) is 7.45. The van der Waals surface area contributed by atoms with Crippen LogP contribution in [0.2, 0.25) is 0 Å². The van der Waals surface area contributed by atoms with Crippen molar-refractivity contribution in [2.24, 2.45) is 5.73 Å². The van der Waals surface area contributed by atoms with Gasteiger partial charge >= 0.3 is 0 Å². The summed E-state index contributed by atoms with van der Waals surface area (Å²) >= 11 is 1.75. The van der Waals surface area contributed by atoms with Gasteiger partial charge in [-0.05, 0) is 32.0 Å². The fourth-order valence-electron chi connectivity index (χ4n) is 1.38. The summed E-state index contributed by atoms with van der Waals surface area (Å²) in [5.74, 6) is 2.50. The van der Waals surface area contributed by atoms with Crippen molar-refractivity contribution >= 4 is 11.8 Å². The maximum Gasteiger partial charge on any atom is 0.122 e. The normalized spacial score (nSPS) is 11.0. The Bertz CT molecular complexity index is 418. The summed E-state index contributed by atoms with van der Waals surface area (Å²) in [7, 11) is 1.64. The number of benzene rings is 1. The Morgan fingerprint density at radius 2 is 2.18 bits per heavy atom. The zero-order valence-electron chi connectivity index (χ0n) is 10.5. The second-order valence-corrected chi connectivity index (χ2v) is 5.61. The molecule has 0 aliphatic rings. The first-order chi connectivity index (χ1) is 7.96. The molecule has 0 fully saturated rings.